The van der Waals surface area contributed by atoms with Crippen LogP contribution in [0, 0.1) is 0 Å². The number of hydrogen-bond donors (Lipinski definition) is 0. The average molecular weight is 526 g/mol. The summed E-state index contributed by atoms with van der Waals surface area (Å²) in [7, 11) is 0. The molecule has 0 unspecified atom stereocenters. The van der Waals surface area contributed by atoms with Crippen molar-refractivity contribution in [3.63, 3.8) is 0 Å². The molecule has 0 N–H and O–H groups in total. The lowest BCUT2D eigenvalue weighted by Crippen LogP contribution is -2.22. The SMILES string of the molecule is CCOC(=O)C1=NN(c2ccccc2)C(=O)/C1=C\C=CC=Cc1c(C(=O)OCC)nn(-c2ccccc2)c1[O-]. The molecule has 2 aromatic carbocycles. The molecule has 0 aliphatic carbocycles. The Morgan fingerprint density at radius 3 is 2.13 bits per heavy atom. The first-order valence-electron chi connectivity index (χ1n) is 12.2. The number of aromatic nitrogens is 2. The number of allylic oxidation sites excluding steroid dienone is 4. The Hall–Kier alpha value is -5.25. The number of para-hydroxylation sites is 2. The van der Waals surface area contributed by atoms with Gasteiger partial charge in [-0.15, -0.1) is 0 Å². The average Bonchev–Trinajstić information content (AvgIpc) is 3.46. The Morgan fingerprint density at radius 1 is 0.872 bits per heavy atom. The predicted molar refractivity (Wildman–Crippen MR) is 143 cm³/mol. The minimum atomic E-state index is -0.720. The maximum atomic E-state index is 13.1. The van der Waals surface area contributed by atoms with E-state index in [0.717, 1.165) is 9.69 Å². The van der Waals surface area contributed by atoms with Crippen LogP contribution in [0.2, 0.25) is 0 Å². The molecular formula is C29H25N4O6-. The number of esters is 2. The van der Waals surface area contributed by atoms with E-state index in [2.05, 4.69) is 10.2 Å². The third kappa shape index (κ3) is 5.85. The highest BCUT2D eigenvalue weighted by Gasteiger charge is 2.35. The van der Waals surface area contributed by atoms with Crippen LogP contribution in [-0.2, 0) is 19.1 Å². The van der Waals surface area contributed by atoms with Gasteiger partial charge in [0, 0.05) is 5.56 Å². The number of hydrogen-bond acceptors (Lipinski definition) is 8. The van der Waals surface area contributed by atoms with Crippen molar-refractivity contribution < 1.29 is 29.0 Å². The number of hydrazone groups is 1. The Balaban J connectivity index is 1.62. The van der Waals surface area contributed by atoms with Crippen LogP contribution in [-0.4, -0.2) is 46.6 Å². The van der Waals surface area contributed by atoms with E-state index in [9.17, 15) is 19.5 Å². The Labute approximate surface area is 224 Å². The molecule has 1 aliphatic heterocycles. The second-order valence-electron chi connectivity index (χ2n) is 7.98. The van der Waals surface area contributed by atoms with Gasteiger partial charge in [0.15, 0.2) is 11.4 Å². The van der Waals surface area contributed by atoms with Crippen molar-refractivity contribution in [2.24, 2.45) is 5.10 Å². The lowest BCUT2D eigenvalue weighted by Gasteiger charge is -2.11. The number of carbonyl (C=O) groups is 3. The minimum absolute atomic E-state index is 0.0515. The van der Waals surface area contributed by atoms with Crippen LogP contribution in [0.25, 0.3) is 11.8 Å². The van der Waals surface area contributed by atoms with Crippen molar-refractivity contribution in [1.82, 2.24) is 9.78 Å². The predicted octanol–water partition coefficient (Wildman–Crippen LogP) is 3.58. The minimum Gasteiger partial charge on any atom is -0.858 e. The molecule has 1 amide bonds. The maximum Gasteiger partial charge on any atom is 0.359 e. The highest BCUT2D eigenvalue weighted by molar-refractivity contribution is 6.53. The second kappa shape index (κ2) is 12.3. The number of amides is 1. The number of ether oxygens (including phenoxy) is 2. The zero-order valence-corrected chi connectivity index (χ0v) is 21.3. The molecule has 10 heteroatoms. The lowest BCUT2D eigenvalue weighted by atomic mass is 10.1. The zero-order chi connectivity index (χ0) is 27.8. The summed E-state index contributed by atoms with van der Waals surface area (Å²) in [6.07, 6.45) is 7.45. The summed E-state index contributed by atoms with van der Waals surface area (Å²) in [5, 5.41) is 22.5. The molecule has 0 saturated heterocycles. The molecule has 0 radical (unpaired) electrons. The van der Waals surface area contributed by atoms with Crippen molar-refractivity contribution in [3.8, 4) is 11.6 Å². The molecule has 4 rings (SSSR count). The van der Waals surface area contributed by atoms with E-state index in [1.54, 1.807) is 80.6 Å². The van der Waals surface area contributed by atoms with Crippen molar-refractivity contribution >= 4 is 35.3 Å². The molecule has 0 spiro atoms. The Bertz CT molecular complexity index is 1490. The molecule has 198 valence electrons. The van der Waals surface area contributed by atoms with Crippen LogP contribution in [0.3, 0.4) is 0 Å². The van der Waals surface area contributed by atoms with E-state index in [1.807, 2.05) is 0 Å². The molecule has 1 aromatic heterocycles. The van der Waals surface area contributed by atoms with Gasteiger partial charge in [-0.3, -0.25) is 4.79 Å². The van der Waals surface area contributed by atoms with Gasteiger partial charge < -0.3 is 14.6 Å². The van der Waals surface area contributed by atoms with E-state index in [1.165, 1.54) is 24.3 Å². The first kappa shape index (κ1) is 26.8. The van der Waals surface area contributed by atoms with Crippen LogP contribution >= 0.6 is 0 Å². The third-order valence-corrected chi connectivity index (χ3v) is 5.44. The first-order chi connectivity index (χ1) is 19.0. The van der Waals surface area contributed by atoms with Crippen molar-refractivity contribution in [2.75, 3.05) is 18.2 Å². The number of rotatable bonds is 9. The number of carbonyl (C=O) groups excluding carboxylic acids is 3. The van der Waals surface area contributed by atoms with Gasteiger partial charge in [0.1, 0.15) is 0 Å². The van der Waals surface area contributed by atoms with Gasteiger partial charge in [0.2, 0.25) is 0 Å². The molecule has 0 atom stereocenters. The quantitative estimate of drug-likeness (QED) is 0.237. The standard InChI is InChI=1S/C29H26N4O6/c1-3-38-28(36)24-22(26(34)32(30-24)20-14-8-5-9-15-20)18-12-7-13-19-23-25(29(37)39-4-2)31-33(27(23)35)21-16-10-6-11-17-21/h5-19,34H,3-4H2,1-2H3/p-1/b13-7?,18-12?,23-19-. The van der Waals surface area contributed by atoms with Gasteiger partial charge in [0.05, 0.1) is 30.2 Å². The highest BCUT2D eigenvalue weighted by Crippen LogP contribution is 2.26. The van der Waals surface area contributed by atoms with Crippen LogP contribution in [0.5, 0.6) is 5.88 Å². The van der Waals surface area contributed by atoms with Gasteiger partial charge in [-0.1, -0.05) is 60.7 Å². The Morgan fingerprint density at radius 2 is 1.49 bits per heavy atom. The largest absolute Gasteiger partial charge is 0.858 e. The summed E-state index contributed by atoms with van der Waals surface area (Å²) in [5.74, 6) is -2.42. The Kier molecular flexibility index (Phi) is 8.47. The number of nitrogens with zero attached hydrogens (tertiary/aromatic N) is 4. The molecule has 3 aromatic rings. The molecular weight excluding hydrogens is 500 g/mol. The summed E-state index contributed by atoms with van der Waals surface area (Å²) in [5.41, 5.74) is 0.874. The van der Waals surface area contributed by atoms with Gasteiger partial charge in [0.25, 0.3) is 5.91 Å². The summed E-state index contributed by atoms with van der Waals surface area (Å²) in [6, 6.07) is 17.4. The van der Waals surface area contributed by atoms with E-state index < -0.39 is 23.7 Å². The van der Waals surface area contributed by atoms with Crippen molar-refractivity contribution in [2.45, 2.75) is 13.8 Å². The summed E-state index contributed by atoms with van der Waals surface area (Å²) in [6.45, 7) is 3.57. The second-order valence-corrected chi connectivity index (χ2v) is 7.98. The topological polar surface area (TPSA) is 126 Å². The molecule has 39 heavy (non-hydrogen) atoms. The molecule has 0 bridgehead atoms. The molecule has 1 aliphatic rings. The monoisotopic (exact) mass is 525 g/mol. The fourth-order valence-corrected chi connectivity index (χ4v) is 3.69. The van der Waals surface area contributed by atoms with E-state index in [-0.39, 0.29) is 35.8 Å². The molecule has 10 nitrogen and oxygen atoms in total. The third-order valence-electron chi connectivity index (χ3n) is 5.44. The first-order valence-corrected chi connectivity index (χ1v) is 12.2. The van der Waals surface area contributed by atoms with E-state index >= 15 is 0 Å². The smallest absolute Gasteiger partial charge is 0.359 e. The summed E-state index contributed by atoms with van der Waals surface area (Å²) < 4.78 is 11.3. The summed E-state index contributed by atoms with van der Waals surface area (Å²) in [4.78, 5) is 38.0. The van der Waals surface area contributed by atoms with Gasteiger partial charge in [-0.25, -0.2) is 14.3 Å². The van der Waals surface area contributed by atoms with Gasteiger partial charge in [-0.05, 0) is 50.1 Å². The summed E-state index contributed by atoms with van der Waals surface area (Å²) >= 11 is 0. The number of benzene rings is 2. The molecule has 0 saturated carbocycles. The van der Waals surface area contributed by atoms with E-state index in [4.69, 9.17) is 9.47 Å². The van der Waals surface area contributed by atoms with Crippen LogP contribution in [0.1, 0.15) is 29.9 Å². The lowest BCUT2D eigenvalue weighted by molar-refractivity contribution is -0.278. The van der Waals surface area contributed by atoms with Crippen LogP contribution in [0.4, 0.5) is 5.69 Å². The van der Waals surface area contributed by atoms with Gasteiger partial charge in [-0.2, -0.15) is 15.2 Å². The van der Waals surface area contributed by atoms with Gasteiger partial charge >= 0.3 is 11.9 Å². The van der Waals surface area contributed by atoms with Crippen LogP contribution < -0.4 is 10.1 Å². The molecule has 2 heterocycles. The van der Waals surface area contributed by atoms with Crippen LogP contribution in [0.15, 0.2) is 95.6 Å². The maximum absolute atomic E-state index is 13.1. The normalized spacial score (nSPS) is 14.4. The molecule has 0 fully saturated rings. The van der Waals surface area contributed by atoms with Crippen molar-refractivity contribution in [3.05, 3.63) is 102 Å². The fraction of sp³-hybridized carbons (Fsp3) is 0.138. The number of anilines is 1. The van der Waals surface area contributed by atoms with E-state index in [0.29, 0.717) is 11.4 Å². The zero-order valence-electron chi connectivity index (χ0n) is 21.3. The highest BCUT2D eigenvalue weighted by atomic mass is 16.5. The van der Waals surface area contributed by atoms with Crippen molar-refractivity contribution in [1.29, 1.82) is 0 Å². The fourth-order valence-electron chi connectivity index (χ4n) is 3.69.